The van der Waals surface area contributed by atoms with Gasteiger partial charge in [-0.1, -0.05) is 12.0 Å². The molecule has 4 nitrogen and oxygen atoms in total. The van der Waals surface area contributed by atoms with Gasteiger partial charge in [-0.25, -0.2) is 8.78 Å². The number of likely N-dealkylation sites (tertiary alicyclic amines) is 1. The Hall–Kier alpha value is -2.88. The highest BCUT2D eigenvalue weighted by Crippen LogP contribution is 2.30. The molecule has 1 atom stereocenters. The predicted octanol–water partition coefficient (Wildman–Crippen LogP) is 4.33. The number of aliphatic hydroxyl groups excluding tert-OH is 1. The maximum absolute atomic E-state index is 14.3. The summed E-state index contributed by atoms with van der Waals surface area (Å²) in [5.41, 5.74) is 1.96. The molecule has 6 heteroatoms. The van der Waals surface area contributed by atoms with E-state index in [1.54, 1.807) is 6.92 Å². The van der Waals surface area contributed by atoms with Crippen LogP contribution >= 0.6 is 0 Å². The number of hydrogen-bond donors (Lipinski definition) is 1. The number of ether oxygens (including phenoxy) is 1. The molecule has 0 aliphatic carbocycles. The van der Waals surface area contributed by atoms with Gasteiger partial charge in [0, 0.05) is 35.2 Å². The highest BCUT2D eigenvalue weighted by molar-refractivity contribution is 5.85. The lowest BCUT2D eigenvalue weighted by molar-refractivity contribution is 0.154. The van der Waals surface area contributed by atoms with Gasteiger partial charge in [0.2, 0.25) is 0 Å². The first-order valence-electron chi connectivity index (χ1n) is 10.5. The third-order valence-corrected chi connectivity index (χ3v) is 5.90. The molecule has 0 unspecified atom stereocenters. The second-order valence-electron chi connectivity index (χ2n) is 7.83. The van der Waals surface area contributed by atoms with Crippen molar-refractivity contribution >= 4 is 10.9 Å². The van der Waals surface area contributed by atoms with Crippen LogP contribution in [-0.4, -0.2) is 40.4 Å². The molecular weight excluding hydrogens is 398 g/mol. The fraction of sp³-hybridized carbons (Fsp3) is 0.360. The first kappa shape index (κ1) is 21.4. The van der Waals surface area contributed by atoms with Crippen molar-refractivity contribution in [1.82, 2.24) is 9.47 Å². The SMILES string of the molecule is CC#CCOc1ccc2c(c1)c(CN1CCC[C@H]1CO)cn2Cc1c(F)cccc1F. The maximum Gasteiger partial charge on any atom is 0.149 e. The Bertz CT molecular complexity index is 1110. The average molecular weight is 424 g/mol. The van der Waals surface area contributed by atoms with Gasteiger partial charge in [-0.05, 0) is 62.2 Å². The number of aromatic nitrogens is 1. The van der Waals surface area contributed by atoms with E-state index in [-0.39, 0.29) is 24.8 Å². The maximum atomic E-state index is 14.3. The summed E-state index contributed by atoms with van der Waals surface area (Å²) >= 11 is 0. The van der Waals surface area contributed by atoms with E-state index in [1.807, 2.05) is 29.0 Å². The Morgan fingerprint density at radius 2 is 1.97 bits per heavy atom. The van der Waals surface area contributed by atoms with Crippen molar-refractivity contribution in [2.75, 3.05) is 19.8 Å². The summed E-state index contributed by atoms with van der Waals surface area (Å²) in [4.78, 5) is 2.26. The van der Waals surface area contributed by atoms with Gasteiger partial charge in [-0.3, -0.25) is 4.90 Å². The number of aliphatic hydroxyl groups is 1. The molecule has 1 saturated heterocycles. The number of rotatable bonds is 7. The predicted molar refractivity (Wildman–Crippen MR) is 117 cm³/mol. The van der Waals surface area contributed by atoms with E-state index < -0.39 is 11.6 Å². The molecule has 0 amide bonds. The van der Waals surface area contributed by atoms with Crippen molar-refractivity contribution in [3.63, 3.8) is 0 Å². The second kappa shape index (κ2) is 9.51. The summed E-state index contributed by atoms with van der Waals surface area (Å²) in [6, 6.07) is 9.80. The van der Waals surface area contributed by atoms with Crippen LogP contribution in [0.1, 0.15) is 30.9 Å². The number of nitrogens with zero attached hydrogens (tertiary/aromatic N) is 2. The number of halogens is 2. The zero-order chi connectivity index (χ0) is 21.8. The van der Waals surface area contributed by atoms with Gasteiger partial charge in [0.25, 0.3) is 0 Å². The Labute approximate surface area is 181 Å². The van der Waals surface area contributed by atoms with E-state index in [9.17, 15) is 13.9 Å². The number of fused-ring (bicyclic) bond motifs is 1. The van der Waals surface area contributed by atoms with Crippen molar-refractivity contribution < 1.29 is 18.6 Å². The summed E-state index contributed by atoms with van der Waals surface area (Å²) in [5, 5.41) is 10.7. The quantitative estimate of drug-likeness (QED) is 0.574. The van der Waals surface area contributed by atoms with Crippen LogP contribution in [0.4, 0.5) is 8.78 Å². The molecule has 0 radical (unpaired) electrons. The van der Waals surface area contributed by atoms with Gasteiger partial charge in [-0.2, -0.15) is 0 Å². The molecular formula is C25H26F2N2O2. The lowest BCUT2D eigenvalue weighted by atomic mass is 10.1. The summed E-state index contributed by atoms with van der Waals surface area (Å²) in [6.07, 6.45) is 3.98. The summed E-state index contributed by atoms with van der Waals surface area (Å²) in [6.45, 7) is 3.87. The van der Waals surface area contributed by atoms with E-state index in [2.05, 4.69) is 16.7 Å². The minimum atomic E-state index is -0.554. The first-order chi connectivity index (χ1) is 15.1. The van der Waals surface area contributed by atoms with E-state index in [4.69, 9.17) is 4.74 Å². The molecule has 31 heavy (non-hydrogen) atoms. The molecule has 162 valence electrons. The number of benzene rings is 2. The van der Waals surface area contributed by atoms with Gasteiger partial charge < -0.3 is 14.4 Å². The molecule has 0 bridgehead atoms. The largest absolute Gasteiger partial charge is 0.481 e. The molecule has 1 aliphatic heterocycles. The van der Waals surface area contributed by atoms with Crippen molar-refractivity contribution in [3.05, 3.63) is 65.4 Å². The first-order valence-corrected chi connectivity index (χ1v) is 10.5. The van der Waals surface area contributed by atoms with Gasteiger partial charge in [0.15, 0.2) is 0 Å². The van der Waals surface area contributed by atoms with Gasteiger partial charge in [0.1, 0.15) is 24.0 Å². The van der Waals surface area contributed by atoms with Gasteiger partial charge in [-0.15, -0.1) is 5.92 Å². The van der Waals surface area contributed by atoms with Crippen molar-refractivity contribution in [1.29, 1.82) is 0 Å². The van der Waals surface area contributed by atoms with Crippen LogP contribution in [-0.2, 0) is 13.1 Å². The molecule has 1 aromatic heterocycles. The van der Waals surface area contributed by atoms with Crippen LogP contribution in [0, 0.1) is 23.5 Å². The highest BCUT2D eigenvalue weighted by Gasteiger charge is 2.25. The minimum Gasteiger partial charge on any atom is -0.481 e. The monoisotopic (exact) mass is 424 g/mol. The Balaban J connectivity index is 1.72. The topological polar surface area (TPSA) is 37.6 Å². The van der Waals surface area contributed by atoms with Crippen LogP contribution < -0.4 is 4.74 Å². The van der Waals surface area contributed by atoms with E-state index in [0.29, 0.717) is 18.9 Å². The second-order valence-corrected chi connectivity index (χ2v) is 7.83. The van der Waals surface area contributed by atoms with E-state index in [1.165, 1.54) is 18.2 Å². The molecule has 0 saturated carbocycles. The summed E-state index contributed by atoms with van der Waals surface area (Å²) in [5.74, 6) is 5.28. The van der Waals surface area contributed by atoms with Crippen molar-refractivity contribution in [2.45, 2.75) is 38.9 Å². The molecule has 1 aliphatic rings. The van der Waals surface area contributed by atoms with Crippen LogP contribution in [0.15, 0.2) is 42.6 Å². The van der Waals surface area contributed by atoms with E-state index >= 15 is 0 Å². The lowest BCUT2D eigenvalue weighted by Gasteiger charge is -2.22. The van der Waals surface area contributed by atoms with Crippen LogP contribution in [0.3, 0.4) is 0 Å². The Morgan fingerprint density at radius 1 is 1.16 bits per heavy atom. The third-order valence-electron chi connectivity index (χ3n) is 5.90. The number of hydrogen-bond acceptors (Lipinski definition) is 3. The molecule has 0 spiro atoms. The highest BCUT2D eigenvalue weighted by atomic mass is 19.1. The molecule has 1 N–H and O–H groups in total. The van der Waals surface area contributed by atoms with Gasteiger partial charge >= 0.3 is 0 Å². The molecule has 3 aromatic rings. The Kier molecular flexibility index (Phi) is 6.55. The Morgan fingerprint density at radius 3 is 2.71 bits per heavy atom. The normalized spacial score (nSPS) is 16.5. The van der Waals surface area contributed by atoms with Crippen molar-refractivity contribution in [2.24, 2.45) is 0 Å². The molecule has 2 aromatic carbocycles. The fourth-order valence-electron chi connectivity index (χ4n) is 4.27. The lowest BCUT2D eigenvalue weighted by Crippen LogP contribution is -2.31. The van der Waals surface area contributed by atoms with Gasteiger partial charge in [0.05, 0.1) is 13.2 Å². The molecule has 2 heterocycles. The summed E-state index contributed by atoms with van der Waals surface area (Å²) < 4.78 is 36.2. The van der Waals surface area contributed by atoms with E-state index in [0.717, 1.165) is 35.9 Å². The summed E-state index contributed by atoms with van der Waals surface area (Å²) in [7, 11) is 0. The molecule has 4 rings (SSSR count). The smallest absolute Gasteiger partial charge is 0.149 e. The fourth-order valence-corrected chi connectivity index (χ4v) is 4.27. The third kappa shape index (κ3) is 4.58. The van der Waals surface area contributed by atoms with Crippen molar-refractivity contribution in [3.8, 4) is 17.6 Å². The molecule has 1 fully saturated rings. The van der Waals surface area contributed by atoms with Crippen LogP contribution in [0.25, 0.3) is 10.9 Å². The zero-order valence-electron chi connectivity index (χ0n) is 17.6. The zero-order valence-corrected chi connectivity index (χ0v) is 17.6. The van der Waals surface area contributed by atoms with Crippen LogP contribution in [0.5, 0.6) is 5.75 Å². The van der Waals surface area contributed by atoms with Crippen LogP contribution in [0.2, 0.25) is 0 Å². The average Bonchev–Trinajstić information content (AvgIpc) is 3.35. The minimum absolute atomic E-state index is 0.0407. The standard InChI is InChI=1S/C25H26F2N2O2/c1-2-3-12-31-20-9-10-25-21(13-20)18(14-28-11-5-6-19(28)17-30)15-29(25)16-22-23(26)7-4-8-24(22)27/h4,7-10,13,15,19,30H,5-6,11-12,14,16-17H2,1H3/t19-/m0/s1.